The summed E-state index contributed by atoms with van der Waals surface area (Å²) in [6.07, 6.45) is 0.0110. The molecule has 1 aromatic rings. The Morgan fingerprint density at radius 3 is 2.70 bits per heavy atom. The van der Waals surface area contributed by atoms with Gasteiger partial charge in [0.2, 0.25) is 11.8 Å². The molecule has 0 aliphatic carbocycles. The summed E-state index contributed by atoms with van der Waals surface area (Å²) in [5, 5.41) is 2.65. The van der Waals surface area contributed by atoms with E-state index in [1.54, 1.807) is 6.92 Å². The Bertz CT molecular complexity index is 576. The number of alkyl carbamates (subject to hydrolysis) is 1. The maximum atomic E-state index is 12.0. The minimum atomic E-state index is -0.630. The van der Waals surface area contributed by atoms with E-state index < -0.39 is 18.0 Å². The number of likely N-dealkylation sites (tertiary alicyclic amines) is 1. The molecule has 0 radical (unpaired) electrons. The second-order valence-corrected chi connectivity index (χ2v) is 5.48. The lowest BCUT2D eigenvalue weighted by Gasteiger charge is -2.24. The van der Waals surface area contributed by atoms with Gasteiger partial charge in [0.1, 0.15) is 12.6 Å². The van der Waals surface area contributed by atoms with Crippen LogP contribution in [0.1, 0.15) is 25.3 Å². The number of nitrogens with zero attached hydrogens (tertiary/aromatic N) is 1. The van der Waals surface area contributed by atoms with Gasteiger partial charge in [-0.05, 0) is 12.0 Å². The number of amides is 3. The maximum Gasteiger partial charge on any atom is 0.407 e. The smallest absolute Gasteiger partial charge is 0.407 e. The van der Waals surface area contributed by atoms with E-state index in [0.29, 0.717) is 6.42 Å². The molecule has 1 aromatic carbocycles. The van der Waals surface area contributed by atoms with Crippen molar-refractivity contribution >= 4 is 17.9 Å². The van der Waals surface area contributed by atoms with E-state index in [1.165, 1.54) is 4.90 Å². The molecule has 0 aromatic heterocycles. The molecule has 1 aliphatic rings. The summed E-state index contributed by atoms with van der Waals surface area (Å²) < 4.78 is 5.12. The van der Waals surface area contributed by atoms with Crippen LogP contribution in [0, 0.1) is 0 Å². The summed E-state index contributed by atoms with van der Waals surface area (Å²) in [5.41, 5.74) is 6.18. The van der Waals surface area contributed by atoms with E-state index in [-0.39, 0.29) is 31.5 Å². The van der Waals surface area contributed by atoms with Crippen LogP contribution in [0.3, 0.4) is 0 Å². The fourth-order valence-electron chi connectivity index (χ4n) is 2.64. The number of rotatable bonds is 6. The van der Waals surface area contributed by atoms with Gasteiger partial charge in [0, 0.05) is 13.0 Å². The maximum absolute atomic E-state index is 12.0. The van der Waals surface area contributed by atoms with Crippen molar-refractivity contribution in [1.82, 2.24) is 10.2 Å². The molecule has 2 atom stereocenters. The summed E-state index contributed by atoms with van der Waals surface area (Å²) >= 11 is 0. The van der Waals surface area contributed by atoms with Crippen LogP contribution < -0.4 is 11.1 Å². The molecule has 1 saturated heterocycles. The van der Waals surface area contributed by atoms with Gasteiger partial charge in [-0.15, -0.1) is 0 Å². The SMILES string of the molecule is CCC(C(N)=O)N1CC(NC(=O)OCc2ccccc2)CC1=O. The number of carbonyl (C=O) groups excluding carboxylic acids is 3. The Morgan fingerprint density at radius 2 is 2.09 bits per heavy atom. The first kappa shape index (κ1) is 16.8. The molecule has 7 heteroatoms. The topological polar surface area (TPSA) is 102 Å². The van der Waals surface area contributed by atoms with Crippen molar-refractivity contribution in [3.8, 4) is 0 Å². The number of benzene rings is 1. The second kappa shape index (κ2) is 7.62. The van der Waals surface area contributed by atoms with E-state index >= 15 is 0 Å². The first-order chi connectivity index (χ1) is 11.0. The minimum absolute atomic E-state index is 0.143. The summed E-state index contributed by atoms with van der Waals surface area (Å²) in [7, 11) is 0. The zero-order valence-corrected chi connectivity index (χ0v) is 13.0. The largest absolute Gasteiger partial charge is 0.445 e. The van der Waals surface area contributed by atoms with Gasteiger partial charge in [-0.2, -0.15) is 0 Å². The monoisotopic (exact) mass is 319 g/mol. The first-order valence-corrected chi connectivity index (χ1v) is 7.57. The zero-order valence-electron chi connectivity index (χ0n) is 13.0. The van der Waals surface area contributed by atoms with Crippen LogP contribution in [-0.2, 0) is 20.9 Å². The van der Waals surface area contributed by atoms with Gasteiger partial charge in [-0.3, -0.25) is 9.59 Å². The lowest BCUT2D eigenvalue weighted by Crippen LogP contribution is -2.46. The third-order valence-corrected chi connectivity index (χ3v) is 3.78. The molecule has 2 unspecified atom stereocenters. The zero-order chi connectivity index (χ0) is 16.8. The van der Waals surface area contributed by atoms with Crippen LogP contribution in [0.4, 0.5) is 4.79 Å². The van der Waals surface area contributed by atoms with Crippen LogP contribution >= 0.6 is 0 Å². The lowest BCUT2D eigenvalue weighted by atomic mass is 10.2. The Morgan fingerprint density at radius 1 is 1.39 bits per heavy atom. The quantitative estimate of drug-likeness (QED) is 0.809. The van der Waals surface area contributed by atoms with E-state index in [4.69, 9.17) is 10.5 Å². The molecule has 1 heterocycles. The molecule has 1 fully saturated rings. The molecule has 23 heavy (non-hydrogen) atoms. The van der Waals surface area contributed by atoms with Crippen LogP contribution in [0.15, 0.2) is 30.3 Å². The molecule has 0 bridgehead atoms. The van der Waals surface area contributed by atoms with E-state index in [0.717, 1.165) is 5.56 Å². The third-order valence-electron chi connectivity index (χ3n) is 3.78. The molecule has 0 spiro atoms. The number of primary amides is 1. The molecule has 1 aliphatic heterocycles. The summed E-state index contributed by atoms with van der Waals surface area (Å²) in [6.45, 7) is 2.22. The van der Waals surface area contributed by atoms with Crippen molar-refractivity contribution in [3.63, 3.8) is 0 Å². The summed E-state index contributed by atoms with van der Waals surface area (Å²) in [4.78, 5) is 36.6. The van der Waals surface area contributed by atoms with Crippen molar-refractivity contribution in [2.45, 2.75) is 38.5 Å². The Hall–Kier alpha value is -2.57. The highest BCUT2D eigenvalue weighted by atomic mass is 16.5. The fraction of sp³-hybridized carbons (Fsp3) is 0.438. The van der Waals surface area contributed by atoms with Gasteiger partial charge >= 0.3 is 6.09 Å². The molecule has 7 nitrogen and oxygen atoms in total. The van der Waals surface area contributed by atoms with Crippen molar-refractivity contribution in [1.29, 1.82) is 0 Å². The Balaban J connectivity index is 1.83. The van der Waals surface area contributed by atoms with Gasteiger partial charge < -0.3 is 20.7 Å². The predicted molar refractivity (Wildman–Crippen MR) is 83.2 cm³/mol. The van der Waals surface area contributed by atoms with Crippen LogP contribution in [0.5, 0.6) is 0 Å². The Kier molecular flexibility index (Phi) is 5.56. The van der Waals surface area contributed by atoms with E-state index in [9.17, 15) is 14.4 Å². The number of hydrogen-bond acceptors (Lipinski definition) is 4. The standard InChI is InChI=1S/C16H21N3O4/c1-2-13(15(17)21)19-9-12(8-14(19)20)18-16(22)23-10-11-6-4-3-5-7-11/h3-7,12-13H,2,8-10H2,1H3,(H2,17,21)(H,18,22). The number of nitrogens with two attached hydrogens (primary N) is 1. The minimum Gasteiger partial charge on any atom is -0.445 e. The summed E-state index contributed by atoms with van der Waals surface area (Å²) in [6, 6.07) is 8.30. The van der Waals surface area contributed by atoms with Gasteiger partial charge in [-0.1, -0.05) is 37.3 Å². The summed E-state index contributed by atoms with van der Waals surface area (Å²) in [5.74, 6) is -0.725. The fourth-order valence-corrected chi connectivity index (χ4v) is 2.64. The third kappa shape index (κ3) is 4.45. The normalized spacial score (nSPS) is 18.6. The van der Waals surface area contributed by atoms with Crippen molar-refractivity contribution in [2.24, 2.45) is 5.73 Å². The second-order valence-electron chi connectivity index (χ2n) is 5.48. The molecular weight excluding hydrogens is 298 g/mol. The van der Waals surface area contributed by atoms with Gasteiger partial charge in [0.05, 0.1) is 6.04 Å². The number of ether oxygens (including phenoxy) is 1. The highest BCUT2D eigenvalue weighted by molar-refractivity contribution is 5.88. The van der Waals surface area contributed by atoms with Gasteiger partial charge in [0.25, 0.3) is 0 Å². The van der Waals surface area contributed by atoms with Crippen LogP contribution in [-0.4, -0.2) is 41.4 Å². The van der Waals surface area contributed by atoms with Crippen LogP contribution in [0.25, 0.3) is 0 Å². The van der Waals surface area contributed by atoms with E-state index in [1.807, 2.05) is 30.3 Å². The number of nitrogens with one attached hydrogen (secondary N) is 1. The Labute approximate surface area is 134 Å². The highest BCUT2D eigenvalue weighted by Gasteiger charge is 2.36. The van der Waals surface area contributed by atoms with E-state index in [2.05, 4.69) is 5.32 Å². The van der Waals surface area contributed by atoms with Gasteiger partial charge in [0.15, 0.2) is 0 Å². The molecule has 2 rings (SSSR count). The van der Waals surface area contributed by atoms with Crippen LogP contribution in [0.2, 0.25) is 0 Å². The predicted octanol–water partition coefficient (Wildman–Crippen LogP) is 0.778. The highest BCUT2D eigenvalue weighted by Crippen LogP contribution is 2.16. The molecule has 124 valence electrons. The molecule has 3 N–H and O–H groups in total. The number of carbonyl (C=O) groups is 3. The molecule has 0 saturated carbocycles. The van der Waals surface area contributed by atoms with Crippen molar-refractivity contribution < 1.29 is 19.1 Å². The van der Waals surface area contributed by atoms with Crippen molar-refractivity contribution in [3.05, 3.63) is 35.9 Å². The lowest BCUT2D eigenvalue weighted by molar-refractivity contribution is -0.136. The average Bonchev–Trinajstić information content (AvgIpc) is 2.87. The first-order valence-electron chi connectivity index (χ1n) is 7.57. The van der Waals surface area contributed by atoms with Crippen molar-refractivity contribution in [2.75, 3.05) is 6.54 Å². The molecular formula is C16H21N3O4. The number of hydrogen-bond donors (Lipinski definition) is 2. The average molecular weight is 319 g/mol. The molecule has 3 amide bonds. The van der Waals surface area contributed by atoms with Gasteiger partial charge in [-0.25, -0.2) is 4.79 Å².